The molecule has 5 nitrogen and oxygen atoms in total. The quantitative estimate of drug-likeness (QED) is 0.592. The maximum atomic E-state index is 12.4. The van der Waals surface area contributed by atoms with Gasteiger partial charge in [0, 0.05) is 19.2 Å². The molecule has 140 valence electrons. The Labute approximate surface area is 163 Å². The van der Waals surface area contributed by atoms with Crippen LogP contribution in [0.5, 0.6) is 0 Å². The first kappa shape index (κ1) is 19.2. The van der Waals surface area contributed by atoms with E-state index < -0.39 is 0 Å². The molecule has 27 heavy (non-hydrogen) atoms. The first-order valence-corrected chi connectivity index (χ1v) is 9.74. The van der Waals surface area contributed by atoms with E-state index in [9.17, 15) is 4.79 Å². The zero-order chi connectivity index (χ0) is 19.4. The van der Waals surface area contributed by atoms with Gasteiger partial charge in [-0.05, 0) is 38.5 Å². The minimum absolute atomic E-state index is 0.0201. The summed E-state index contributed by atoms with van der Waals surface area (Å²) in [5.41, 5.74) is 5.50. The lowest BCUT2D eigenvalue weighted by molar-refractivity contribution is -0.127. The summed E-state index contributed by atoms with van der Waals surface area (Å²) in [6, 6.07) is 14.3. The Morgan fingerprint density at radius 1 is 1.00 bits per heavy atom. The van der Waals surface area contributed by atoms with Crippen molar-refractivity contribution in [3.05, 3.63) is 64.7 Å². The van der Waals surface area contributed by atoms with Gasteiger partial charge in [-0.3, -0.25) is 4.79 Å². The highest BCUT2D eigenvalue weighted by Crippen LogP contribution is 2.25. The van der Waals surface area contributed by atoms with Crippen LogP contribution < -0.4 is 0 Å². The molecule has 0 aliphatic rings. The number of rotatable bonds is 6. The monoisotopic (exact) mass is 381 g/mol. The number of aryl methyl sites for hydroxylation is 3. The smallest absolute Gasteiger partial charge is 0.277 e. The van der Waals surface area contributed by atoms with Gasteiger partial charge in [-0.1, -0.05) is 58.8 Å². The first-order valence-electron chi connectivity index (χ1n) is 8.75. The molecule has 0 aliphatic carbocycles. The lowest BCUT2D eigenvalue weighted by Gasteiger charge is -2.16. The van der Waals surface area contributed by atoms with Crippen molar-refractivity contribution in [2.24, 2.45) is 0 Å². The number of carbonyl (C=O) groups is 1. The summed E-state index contributed by atoms with van der Waals surface area (Å²) in [5.74, 6) is 0.757. The highest BCUT2D eigenvalue weighted by Gasteiger charge is 2.14. The van der Waals surface area contributed by atoms with Crippen molar-refractivity contribution in [3.8, 4) is 11.5 Å². The predicted molar refractivity (Wildman–Crippen MR) is 108 cm³/mol. The van der Waals surface area contributed by atoms with Crippen LogP contribution in [0.2, 0.25) is 0 Å². The normalized spacial score (nSPS) is 10.8. The summed E-state index contributed by atoms with van der Waals surface area (Å²) in [5, 5.41) is 8.56. The van der Waals surface area contributed by atoms with Crippen molar-refractivity contribution < 1.29 is 9.21 Å². The lowest BCUT2D eigenvalue weighted by atomic mass is 10.1. The van der Waals surface area contributed by atoms with Crippen molar-refractivity contribution in [1.82, 2.24) is 15.1 Å². The first-order chi connectivity index (χ1) is 12.9. The van der Waals surface area contributed by atoms with E-state index in [2.05, 4.69) is 28.4 Å². The molecule has 1 aromatic heterocycles. The molecule has 3 aromatic rings. The summed E-state index contributed by atoms with van der Waals surface area (Å²) in [4.78, 5) is 14.1. The van der Waals surface area contributed by atoms with Crippen molar-refractivity contribution >= 4 is 17.7 Å². The molecule has 0 bridgehead atoms. The highest BCUT2D eigenvalue weighted by molar-refractivity contribution is 7.99. The Balaban J connectivity index is 1.57. The van der Waals surface area contributed by atoms with Crippen molar-refractivity contribution in [2.45, 2.75) is 32.5 Å². The molecule has 6 heteroatoms. The minimum Gasteiger partial charge on any atom is -0.411 e. The molecular formula is C21H23N3O2S. The second-order valence-corrected chi connectivity index (χ2v) is 7.70. The molecule has 2 aromatic carbocycles. The summed E-state index contributed by atoms with van der Waals surface area (Å²) < 4.78 is 5.71. The Bertz CT molecular complexity index is 915. The SMILES string of the molecule is Cc1ccc(CN(C)C(=O)CSc2nnc(-c3cc(C)cc(C)c3)o2)cc1. The second kappa shape index (κ2) is 8.39. The average Bonchev–Trinajstić information content (AvgIpc) is 3.10. The summed E-state index contributed by atoms with van der Waals surface area (Å²) in [6.07, 6.45) is 0. The van der Waals surface area contributed by atoms with E-state index in [0.29, 0.717) is 17.7 Å². The van der Waals surface area contributed by atoms with Gasteiger partial charge in [0.2, 0.25) is 11.8 Å². The Morgan fingerprint density at radius 3 is 2.33 bits per heavy atom. The zero-order valence-corrected chi connectivity index (χ0v) is 16.8. The van der Waals surface area contributed by atoms with Crippen LogP contribution in [0.25, 0.3) is 11.5 Å². The molecule has 0 atom stereocenters. The standard InChI is InChI=1S/C21H23N3O2S/c1-14-5-7-17(8-6-14)12-24(4)19(25)13-27-21-23-22-20(26-21)18-10-15(2)9-16(3)11-18/h5-11H,12-13H2,1-4H3. The zero-order valence-electron chi connectivity index (χ0n) is 16.0. The Morgan fingerprint density at radius 2 is 1.67 bits per heavy atom. The van der Waals surface area contributed by atoms with Gasteiger partial charge in [-0.2, -0.15) is 0 Å². The van der Waals surface area contributed by atoms with Crippen LogP contribution in [0, 0.1) is 20.8 Å². The van der Waals surface area contributed by atoms with Crippen LogP contribution in [0.1, 0.15) is 22.3 Å². The van der Waals surface area contributed by atoms with Gasteiger partial charge in [-0.15, -0.1) is 10.2 Å². The Kier molecular flexibility index (Phi) is 5.96. The van der Waals surface area contributed by atoms with E-state index in [1.165, 1.54) is 17.3 Å². The van der Waals surface area contributed by atoms with Crippen LogP contribution >= 0.6 is 11.8 Å². The fraction of sp³-hybridized carbons (Fsp3) is 0.286. The molecule has 0 saturated carbocycles. The van der Waals surface area contributed by atoms with E-state index >= 15 is 0 Å². The number of carbonyl (C=O) groups excluding carboxylic acids is 1. The lowest BCUT2D eigenvalue weighted by Crippen LogP contribution is -2.27. The van der Waals surface area contributed by atoms with Gasteiger partial charge in [0.05, 0.1) is 5.75 Å². The van der Waals surface area contributed by atoms with Crippen LogP contribution in [0.15, 0.2) is 52.1 Å². The van der Waals surface area contributed by atoms with Crippen molar-refractivity contribution in [2.75, 3.05) is 12.8 Å². The van der Waals surface area contributed by atoms with Gasteiger partial charge in [-0.25, -0.2) is 0 Å². The molecule has 0 fully saturated rings. The van der Waals surface area contributed by atoms with E-state index in [-0.39, 0.29) is 11.7 Å². The van der Waals surface area contributed by atoms with E-state index in [1.807, 2.05) is 45.0 Å². The van der Waals surface area contributed by atoms with Crippen molar-refractivity contribution in [3.63, 3.8) is 0 Å². The number of nitrogens with zero attached hydrogens (tertiary/aromatic N) is 3. The molecule has 3 rings (SSSR count). The van der Waals surface area contributed by atoms with E-state index in [4.69, 9.17) is 4.42 Å². The molecule has 0 unspecified atom stereocenters. The third-order valence-electron chi connectivity index (χ3n) is 4.16. The fourth-order valence-corrected chi connectivity index (χ4v) is 3.48. The van der Waals surface area contributed by atoms with Gasteiger partial charge in [0.15, 0.2) is 0 Å². The molecule has 0 saturated heterocycles. The molecular weight excluding hydrogens is 358 g/mol. The largest absolute Gasteiger partial charge is 0.411 e. The highest BCUT2D eigenvalue weighted by atomic mass is 32.2. The summed E-state index contributed by atoms with van der Waals surface area (Å²) in [6.45, 7) is 6.69. The summed E-state index contributed by atoms with van der Waals surface area (Å²) in [7, 11) is 1.80. The van der Waals surface area contributed by atoms with Gasteiger partial charge in [0.1, 0.15) is 0 Å². The summed E-state index contributed by atoms with van der Waals surface area (Å²) >= 11 is 1.26. The molecule has 1 heterocycles. The van der Waals surface area contributed by atoms with E-state index in [0.717, 1.165) is 22.3 Å². The van der Waals surface area contributed by atoms with Gasteiger partial charge < -0.3 is 9.32 Å². The van der Waals surface area contributed by atoms with Crippen LogP contribution in [0.4, 0.5) is 0 Å². The maximum absolute atomic E-state index is 12.4. The number of thioether (sulfide) groups is 1. The number of amides is 1. The van der Waals surface area contributed by atoms with Crippen LogP contribution in [-0.2, 0) is 11.3 Å². The van der Waals surface area contributed by atoms with Gasteiger partial charge >= 0.3 is 0 Å². The van der Waals surface area contributed by atoms with Crippen molar-refractivity contribution in [1.29, 1.82) is 0 Å². The number of hydrogen-bond donors (Lipinski definition) is 0. The second-order valence-electron chi connectivity index (χ2n) is 6.77. The van der Waals surface area contributed by atoms with E-state index in [1.54, 1.807) is 11.9 Å². The predicted octanol–water partition coefficient (Wildman–Crippen LogP) is 4.41. The number of hydrogen-bond acceptors (Lipinski definition) is 5. The maximum Gasteiger partial charge on any atom is 0.277 e. The van der Waals surface area contributed by atoms with Crippen LogP contribution in [-0.4, -0.2) is 33.8 Å². The third-order valence-corrected chi connectivity index (χ3v) is 4.96. The molecule has 0 N–H and O–H groups in total. The molecule has 0 spiro atoms. The van der Waals surface area contributed by atoms with Crippen LogP contribution in [0.3, 0.4) is 0 Å². The third kappa shape index (κ3) is 5.20. The fourth-order valence-electron chi connectivity index (χ4n) is 2.77. The number of benzene rings is 2. The average molecular weight is 382 g/mol. The number of aromatic nitrogens is 2. The molecule has 0 radical (unpaired) electrons. The molecule has 1 amide bonds. The van der Waals surface area contributed by atoms with Gasteiger partial charge in [0.25, 0.3) is 5.22 Å². The topological polar surface area (TPSA) is 59.2 Å². The Hall–Kier alpha value is -2.60. The minimum atomic E-state index is 0.0201. The molecule has 0 aliphatic heterocycles.